The fourth-order valence-corrected chi connectivity index (χ4v) is 3.51. The third-order valence-electron chi connectivity index (χ3n) is 5.02. The zero-order valence-corrected chi connectivity index (χ0v) is 16.2. The van der Waals surface area contributed by atoms with Gasteiger partial charge in [0, 0.05) is 30.4 Å². The summed E-state index contributed by atoms with van der Waals surface area (Å²) in [5.74, 6) is -1.08. The number of nitrogens with zero attached hydrogens (tertiary/aromatic N) is 1. The van der Waals surface area contributed by atoms with Crippen LogP contribution < -0.4 is 21.1 Å². The minimum absolute atomic E-state index is 0.0945. The van der Waals surface area contributed by atoms with Crippen molar-refractivity contribution < 1.29 is 15.0 Å². The predicted octanol–water partition coefficient (Wildman–Crippen LogP) is 1.56. The number of hydrogen-bond acceptors (Lipinski definition) is 6. The van der Waals surface area contributed by atoms with Crippen molar-refractivity contribution in [2.24, 2.45) is 0 Å². The monoisotopic (exact) mass is 386 g/mol. The van der Waals surface area contributed by atoms with E-state index < -0.39 is 18.1 Å². The third-order valence-corrected chi connectivity index (χ3v) is 5.02. The Bertz CT molecular complexity index is 925. The predicted molar refractivity (Wildman–Crippen MR) is 108 cm³/mol. The highest BCUT2D eigenvalue weighted by molar-refractivity contribution is 5.77. The van der Waals surface area contributed by atoms with Crippen LogP contribution >= 0.6 is 0 Å². The zero-order valence-electron chi connectivity index (χ0n) is 16.2. The number of hydrogen-bond donors (Lipinski definition) is 5. The molecule has 8 nitrogen and oxygen atoms in total. The molecule has 150 valence electrons. The molecule has 1 aliphatic heterocycles. The molecule has 1 aromatic heterocycles. The van der Waals surface area contributed by atoms with Gasteiger partial charge in [-0.2, -0.15) is 0 Å². The minimum Gasteiger partial charge on any atom is -0.480 e. The number of anilines is 2. The standard InChI is InChI=1S/C20H26N4O4/c1-4-24-16-6-5-13(9-21-17(12(3)25)20(27)28)8-15(16)23-18(24)14-7-11(2)19(26)22-10-14/h5-8,10,12,17-18,21,23,25H,4,9H2,1-3H3,(H,22,26)(H,27,28). The van der Waals surface area contributed by atoms with Gasteiger partial charge in [0.2, 0.25) is 0 Å². The summed E-state index contributed by atoms with van der Waals surface area (Å²) in [5, 5.41) is 25.1. The number of pyridine rings is 1. The highest BCUT2D eigenvalue weighted by Crippen LogP contribution is 2.41. The maximum Gasteiger partial charge on any atom is 0.323 e. The number of carboxylic acid groups (broad SMARTS) is 1. The summed E-state index contributed by atoms with van der Waals surface area (Å²) in [6.07, 6.45) is 0.640. The van der Waals surface area contributed by atoms with Crippen LogP contribution in [0.2, 0.25) is 0 Å². The average Bonchev–Trinajstić information content (AvgIpc) is 3.01. The number of rotatable bonds is 7. The molecule has 0 fully saturated rings. The van der Waals surface area contributed by atoms with Crippen molar-refractivity contribution in [1.29, 1.82) is 0 Å². The van der Waals surface area contributed by atoms with Gasteiger partial charge in [-0.1, -0.05) is 6.07 Å². The summed E-state index contributed by atoms with van der Waals surface area (Å²) >= 11 is 0. The van der Waals surface area contributed by atoms with Gasteiger partial charge in [-0.05, 0) is 44.5 Å². The van der Waals surface area contributed by atoms with Crippen LogP contribution in [0.1, 0.15) is 36.7 Å². The molecule has 2 heterocycles. The van der Waals surface area contributed by atoms with Crippen LogP contribution in [0.5, 0.6) is 0 Å². The lowest BCUT2D eigenvalue weighted by atomic mass is 10.1. The van der Waals surface area contributed by atoms with Crippen LogP contribution in [0.15, 0.2) is 35.3 Å². The number of aryl methyl sites for hydroxylation is 1. The first kappa shape index (κ1) is 19.9. The second-order valence-corrected chi connectivity index (χ2v) is 7.07. The zero-order chi connectivity index (χ0) is 20.4. The molecular formula is C20H26N4O4. The van der Waals surface area contributed by atoms with Gasteiger partial charge in [-0.15, -0.1) is 0 Å². The molecule has 2 aromatic rings. The van der Waals surface area contributed by atoms with Gasteiger partial charge in [0.05, 0.1) is 17.5 Å². The Labute approximate surface area is 163 Å². The Morgan fingerprint density at radius 1 is 1.36 bits per heavy atom. The molecule has 1 aliphatic rings. The molecular weight excluding hydrogens is 360 g/mol. The second kappa shape index (κ2) is 8.04. The molecule has 0 bridgehead atoms. The van der Waals surface area contributed by atoms with Crippen LogP contribution in [-0.4, -0.2) is 39.9 Å². The molecule has 8 heteroatoms. The van der Waals surface area contributed by atoms with Crippen molar-refractivity contribution >= 4 is 17.3 Å². The van der Waals surface area contributed by atoms with Crippen molar-refractivity contribution in [3.05, 3.63) is 57.5 Å². The molecule has 0 radical (unpaired) electrons. The first-order valence-corrected chi connectivity index (χ1v) is 9.31. The van der Waals surface area contributed by atoms with Crippen molar-refractivity contribution in [2.75, 3.05) is 16.8 Å². The fraction of sp³-hybridized carbons (Fsp3) is 0.400. The lowest BCUT2D eigenvalue weighted by Crippen LogP contribution is -2.44. The maximum atomic E-state index is 11.7. The highest BCUT2D eigenvalue weighted by Gasteiger charge is 2.29. The lowest BCUT2D eigenvalue weighted by Gasteiger charge is -2.25. The minimum atomic E-state index is -1.08. The van der Waals surface area contributed by atoms with E-state index in [4.69, 9.17) is 0 Å². The van der Waals surface area contributed by atoms with Crippen LogP contribution in [0, 0.1) is 6.92 Å². The van der Waals surface area contributed by atoms with E-state index in [1.54, 1.807) is 13.1 Å². The smallest absolute Gasteiger partial charge is 0.323 e. The number of aromatic nitrogens is 1. The third kappa shape index (κ3) is 3.88. The Kier molecular flexibility index (Phi) is 5.71. The number of carbonyl (C=O) groups is 1. The number of benzene rings is 1. The van der Waals surface area contributed by atoms with Crippen LogP contribution in [0.3, 0.4) is 0 Å². The van der Waals surface area contributed by atoms with E-state index >= 15 is 0 Å². The van der Waals surface area contributed by atoms with Gasteiger partial charge in [0.25, 0.3) is 5.56 Å². The summed E-state index contributed by atoms with van der Waals surface area (Å²) in [4.78, 5) is 27.9. The van der Waals surface area contributed by atoms with E-state index in [-0.39, 0.29) is 11.7 Å². The number of aliphatic hydroxyl groups excluding tert-OH is 1. The quantitative estimate of drug-likeness (QED) is 0.490. The Balaban J connectivity index is 1.81. The summed E-state index contributed by atoms with van der Waals surface area (Å²) in [7, 11) is 0. The van der Waals surface area contributed by atoms with Crippen molar-refractivity contribution in [3.63, 3.8) is 0 Å². The second-order valence-electron chi connectivity index (χ2n) is 7.07. The molecule has 0 amide bonds. The molecule has 5 N–H and O–H groups in total. The van der Waals surface area contributed by atoms with Crippen LogP contribution in [0.4, 0.5) is 11.4 Å². The van der Waals surface area contributed by atoms with Gasteiger partial charge >= 0.3 is 5.97 Å². The summed E-state index contributed by atoms with van der Waals surface area (Å²) in [6.45, 7) is 6.41. The van der Waals surface area contributed by atoms with E-state index in [1.807, 2.05) is 24.3 Å². The molecule has 0 saturated carbocycles. The average molecular weight is 386 g/mol. The summed E-state index contributed by atoms with van der Waals surface area (Å²) in [5.41, 5.74) is 4.43. The molecule has 3 atom stereocenters. The fourth-order valence-electron chi connectivity index (χ4n) is 3.51. The van der Waals surface area contributed by atoms with Crippen molar-refractivity contribution in [2.45, 2.75) is 45.6 Å². The first-order valence-electron chi connectivity index (χ1n) is 9.31. The lowest BCUT2D eigenvalue weighted by molar-refractivity contribution is -0.142. The molecule has 3 unspecified atom stereocenters. The number of H-pyrrole nitrogens is 1. The number of fused-ring (bicyclic) bond motifs is 1. The van der Waals surface area contributed by atoms with Gasteiger partial charge < -0.3 is 25.4 Å². The van der Waals surface area contributed by atoms with E-state index in [2.05, 4.69) is 27.4 Å². The van der Waals surface area contributed by atoms with Crippen LogP contribution in [-0.2, 0) is 11.3 Å². The molecule has 1 aromatic carbocycles. The topological polar surface area (TPSA) is 118 Å². The number of carboxylic acids is 1. The van der Waals surface area contributed by atoms with Gasteiger partial charge in [-0.3, -0.25) is 14.9 Å². The van der Waals surface area contributed by atoms with Gasteiger partial charge in [0.15, 0.2) is 0 Å². The summed E-state index contributed by atoms with van der Waals surface area (Å²) < 4.78 is 0. The van der Waals surface area contributed by atoms with E-state index in [1.165, 1.54) is 6.92 Å². The number of aromatic amines is 1. The normalized spacial score (nSPS) is 17.7. The number of aliphatic carboxylic acids is 1. The summed E-state index contributed by atoms with van der Waals surface area (Å²) in [6, 6.07) is 6.78. The molecule has 0 saturated heterocycles. The number of nitrogens with one attached hydrogen (secondary N) is 3. The van der Waals surface area contributed by atoms with E-state index in [0.29, 0.717) is 12.1 Å². The first-order chi connectivity index (χ1) is 13.3. The Morgan fingerprint density at radius 2 is 2.11 bits per heavy atom. The van der Waals surface area contributed by atoms with Gasteiger partial charge in [0.1, 0.15) is 12.2 Å². The van der Waals surface area contributed by atoms with Crippen LogP contribution in [0.25, 0.3) is 0 Å². The van der Waals surface area contributed by atoms with E-state index in [0.717, 1.165) is 29.0 Å². The largest absolute Gasteiger partial charge is 0.480 e. The Hall–Kier alpha value is -2.84. The molecule has 0 spiro atoms. The molecule has 3 rings (SSSR count). The SMILES string of the molecule is CCN1c2ccc(CNC(C(=O)O)C(C)O)cc2NC1c1c[nH]c(=O)c(C)c1. The Morgan fingerprint density at radius 3 is 2.71 bits per heavy atom. The maximum absolute atomic E-state index is 11.7. The van der Waals surface area contributed by atoms with Crippen molar-refractivity contribution in [1.82, 2.24) is 10.3 Å². The van der Waals surface area contributed by atoms with Crippen molar-refractivity contribution in [3.8, 4) is 0 Å². The van der Waals surface area contributed by atoms with Gasteiger partial charge in [-0.25, -0.2) is 0 Å². The molecule has 28 heavy (non-hydrogen) atoms. The highest BCUT2D eigenvalue weighted by atomic mass is 16.4. The molecule has 0 aliphatic carbocycles. The van der Waals surface area contributed by atoms with E-state index in [9.17, 15) is 19.8 Å². The number of aliphatic hydroxyl groups is 1.